The smallest absolute Gasteiger partial charge is 0.324 e. The Kier molecular flexibility index (Phi) is 5.66. The van der Waals surface area contributed by atoms with Gasteiger partial charge in [-0.1, -0.05) is 6.92 Å². The quantitative estimate of drug-likeness (QED) is 0.570. The second kappa shape index (κ2) is 5.97. The summed E-state index contributed by atoms with van der Waals surface area (Å²) in [5, 5.41) is 3.07. The van der Waals surface area contributed by atoms with Crippen molar-refractivity contribution in [3.8, 4) is 0 Å². The van der Waals surface area contributed by atoms with E-state index >= 15 is 0 Å². The molecule has 12 heavy (non-hydrogen) atoms. The van der Waals surface area contributed by atoms with Crippen LogP contribution in [0, 0.1) is 0 Å². The summed E-state index contributed by atoms with van der Waals surface area (Å²) >= 11 is 0. The molecule has 3 N–H and O–H groups in total. The molecule has 0 fully saturated rings. The highest BCUT2D eigenvalue weighted by molar-refractivity contribution is 5.75. The SMILES string of the molecule is CCC(C)NC(CN)C(=O)OC. The van der Waals surface area contributed by atoms with E-state index in [4.69, 9.17) is 5.73 Å². The summed E-state index contributed by atoms with van der Waals surface area (Å²) in [5.41, 5.74) is 5.39. The predicted octanol–water partition coefficient (Wildman–Crippen LogP) is -0.125. The molecule has 0 heterocycles. The number of hydrogen-bond donors (Lipinski definition) is 2. The van der Waals surface area contributed by atoms with Crippen molar-refractivity contribution in [2.45, 2.75) is 32.4 Å². The fourth-order valence-corrected chi connectivity index (χ4v) is 0.836. The van der Waals surface area contributed by atoms with Crippen molar-refractivity contribution < 1.29 is 9.53 Å². The Morgan fingerprint density at radius 2 is 2.25 bits per heavy atom. The Labute approximate surface area is 73.5 Å². The van der Waals surface area contributed by atoms with Crippen LogP contribution in [0.2, 0.25) is 0 Å². The van der Waals surface area contributed by atoms with E-state index in [9.17, 15) is 4.79 Å². The third kappa shape index (κ3) is 3.69. The maximum absolute atomic E-state index is 11.0. The van der Waals surface area contributed by atoms with Crippen LogP contribution in [-0.4, -0.2) is 31.7 Å². The second-order valence-corrected chi connectivity index (χ2v) is 2.79. The Balaban J connectivity index is 3.90. The minimum absolute atomic E-state index is 0.275. The van der Waals surface area contributed by atoms with E-state index in [2.05, 4.69) is 10.1 Å². The molecule has 0 aromatic rings. The van der Waals surface area contributed by atoms with Crippen LogP contribution in [0.4, 0.5) is 0 Å². The van der Waals surface area contributed by atoms with E-state index in [0.717, 1.165) is 6.42 Å². The van der Waals surface area contributed by atoms with Crippen LogP contribution in [0.5, 0.6) is 0 Å². The number of carbonyl (C=O) groups is 1. The number of hydrogen-bond acceptors (Lipinski definition) is 4. The minimum Gasteiger partial charge on any atom is -0.468 e. The van der Waals surface area contributed by atoms with Gasteiger partial charge in [0, 0.05) is 12.6 Å². The average molecular weight is 174 g/mol. The number of ether oxygens (including phenoxy) is 1. The fraction of sp³-hybridized carbons (Fsp3) is 0.875. The molecule has 0 aliphatic carbocycles. The number of carbonyl (C=O) groups excluding carboxylic acids is 1. The van der Waals surface area contributed by atoms with Gasteiger partial charge >= 0.3 is 5.97 Å². The minimum atomic E-state index is -0.370. The van der Waals surface area contributed by atoms with Crippen LogP contribution >= 0.6 is 0 Å². The van der Waals surface area contributed by atoms with Crippen LogP contribution in [0.25, 0.3) is 0 Å². The molecule has 0 aliphatic rings. The molecule has 0 aromatic heterocycles. The van der Waals surface area contributed by atoms with Crippen molar-refractivity contribution in [1.82, 2.24) is 5.32 Å². The zero-order chi connectivity index (χ0) is 9.56. The number of rotatable bonds is 5. The van der Waals surface area contributed by atoms with Crippen molar-refractivity contribution in [3.05, 3.63) is 0 Å². The molecule has 4 heteroatoms. The lowest BCUT2D eigenvalue weighted by Crippen LogP contribution is -2.47. The van der Waals surface area contributed by atoms with Crippen LogP contribution < -0.4 is 11.1 Å². The van der Waals surface area contributed by atoms with E-state index < -0.39 is 0 Å². The zero-order valence-electron chi connectivity index (χ0n) is 7.96. The van der Waals surface area contributed by atoms with Crippen molar-refractivity contribution in [1.29, 1.82) is 0 Å². The van der Waals surface area contributed by atoms with Gasteiger partial charge in [-0.25, -0.2) is 0 Å². The first-order chi connectivity index (χ1) is 5.65. The van der Waals surface area contributed by atoms with Crippen LogP contribution in [0.3, 0.4) is 0 Å². The third-order valence-corrected chi connectivity index (χ3v) is 1.82. The van der Waals surface area contributed by atoms with Gasteiger partial charge in [-0.05, 0) is 13.3 Å². The molecule has 0 saturated heterocycles. The van der Waals surface area contributed by atoms with Gasteiger partial charge in [0.25, 0.3) is 0 Å². The molecular formula is C8H18N2O2. The van der Waals surface area contributed by atoms with Crippen molar-refractivity contribution in [2.75, 3.05) is 13.7 Å². The fourth-order valence-electron chi connectivity index (χ4n) is 0.836. The van der Waals surface area contributed by atoms with Gasteiger partial charge in [-0.15, -0.1) is 0 Å². The molecular weight excluding hydrogens is 156 g/mol. The highest BCUT2D eigenvalue weighted by atomic mass is 16.5. The molecule has 0 bridgehead atoms. The molecule has 0 aromatic carbocycles. The van der Waals surface area contributed by atoms with E-state index in [0.29, 0.717) is 0 Å². The molecule has 2 atom stereocenters. The molecule has 0 rings (SSSR count). The molecule has 0 amide bonds. The lowest BCUT2D eigenvalue weighted by atomic mass is 10.2. The highest BCUT2D eigenvalue weighted by Gasteiger charge is 2.17. The zero-order valence-corrected chi connectivity index (χ0v) is 7.96. The van der Waals surface area contributed by atoms with E-state index in [1.807, 2.05) is 13.8 Å². The van der Waals surface area contributed by atoms with E-state index in [1.54, 1.807) is 0 Å². The normalized spacial score (nSPS) is 15.3. The monoisotopic (exact) mass is 174 g/mol. The summed E-state index contributed by atoms with van der Waals surface area (Å²) in [7, 11) is 1.36. The van der Waals surface area contributed by atoms with Gasteiger partial charge in [-0.3, -0.25) is 4.79 Å². The van der Waals surface area contributed by atoms with Crippen LogP contribution in [-0.2, 0) is 9.53 Å². The summed E-state index contributed by atoms with van der Waals surface area (Å²) in [6.45, 7) is 4.32. The van der Waals surface area contributed by atoms with Crippen molar-refractivity contribution in [2.24, 2.45) is 5.73 Å². The predicted molar refractivity (Wildman–Crippen MR) is 47.7 cm³/mol. The first kappa shape index (κ1) is 11.4. The third-order valence-electron chi connectivity index (χ3n) is 1.82. The molecule has 0 spiro atoms. The maximum Gasteiger partial charge on any atom is 0.324 e. The number of nitrogens with two attached hydrogens (primary N) is 1. The summed E-state index contributed by atoms with van der Waals surface area (Å²) in [6, 6.07) is -0.0809. The Morgan fingerprint density at radius 1 is 1.67 bits per heavy atom. The standard InChI is InChI=1S/C8H18N2O2/c1-4-6(2)10-7(5-9)8(11)12-3/h6-7,10H,4-5,9H2,1-3H3. The van der Waals surface area contributed by atoms with Crippen LogP contribution in [0.1, 0.15) is 20.3 Å². The molecule has 4 nitrogen and oxygen atoms in total. The summed E-state index contributed by atoms with van der Waals surface area (Å²) < 4.78 is 4.57. The van der Waals surface area contributed by atoms with Gasteiger partial charge in [0.05, 0.1) is 7.11 Å². The molecule has 72 valence electrons. The van der Waals surface area contributed by atoms with Crippen molar-refractivity contribution in [3.63, 3.8) is 0 Å². The Bertz CT molecular complexity index is 139. The topological polar surface area (TPSA) is 64.3 Å². The Morgan fingerprint density at radius 3 is 2.58 bits per heavy atom. The van der Waals surface area contributed by atoms with Gasteiger partial charge < -0.3 is 15.8 Å². The van der Waals surface area contributed by atoms with Crippen LogP contribution in [0.15, 0.2) is 0 Å². The number of esters is 1. The largest absolute Gasteiger partial charge is 0.468 e. The summed E-state index contributed by atoms with van der Waals surface area (Å²) in [6.07, 6.45) is 0.966. The first-order valence-corrected chi connectivity index (χ1v) is 4.19. The molecule has 0 radical (unpaired) electrons. The van der Waals surface area contributed by atoms with E-state index in [1.165, 1.54) is 7.11 Å². The van der Waals surface area contributed by atoms with Gasteiger partial charge in [0.15, 0.2) is 0 Å². The number of nitrogens with one attached hydrogen (secondary N) is 1. The first-order valence-electron chi connectivity index (χ1n) is 4.19. The lowest BCUT2D eigenvalue weighted by molar-refractivity contribution is -0.143. The highest BCUT2D eigenvalue weighted by Crippen LogP contribution is 1.93. The molecule has 2 unspecified atom stereocenters. The lowest BCUT2D eigenvalue weighted by Gasteiger charge is -2.18. The van der Waals surface area contributed by atoms with E-state index in [-0.39, 0.29) is 24.6 Å². The summed E-state index contributed by atoms with van der Waals surface area (Å²) in [5.74, 6) is -0.294. The molecule has 0 saturated carbocycles. The van der Waals surface area contributed by atoms with Gasteiger partial charge in [-0.2, -0.15) is 0 Å². The van der Waals surface area contributed by atoms with Crippen molar-refractivity contribution >= 4 is 5.97 Å². The maximum atomic E-state index is 11.0. The average Bonchev–Trinajstić information content (AvgIpc) is 2.12. The summed E-state index contributed by atoms with van der Waals surface area (Å²) in [4.78, 5) is 11.0. The molecule has 0 aliphatic heterocycles. The number of methoxy groups -OCH3 is 1. The van der Waals surface area contributed by atoms with Gasteiger partial charge in [0.2, 0.25) is 0 Å². The second-order valence-electron chi connectivity index (χ2n) is 2.79. The van der Waals surface area contributed by atoms with Gasteiger partial charge in [0.1, 0.15) is 6.04 Å². The Hall–Kier alpha value is -0.610.